The normalized spacial score (nSPS) is 10.6. The monoisotopic (exact) mass is 217 g/mol. The van der Waals surface area contributed by atoms with Gasteiger partial charge in [-0.1, -0.05) is 43.5 Å². The van der Waals surface area contributed by atoms with Crippen LogP contribution >= 0.6 is 0 Å². The van der Waals surface area contributed by atoms with Gasteiger partial charge >= 0.3 is 0 Å². The third-order valence-electron chi connectivity index (χ3n) is 2.37. The second-order valence-corrected chi connectivity index (χ2v) is 3.88. The third kappa shape index (κ3) is 4.30. The summed E-state index contributed by atoms with van der Waals surface area (Å²) in [5.74, 6) is -0.0484. The molecule has 0 heterocycles. The molecule has 0 atom stereocenters. The maximum atomic E-state index is 11.6. The summed E-state index contributed by atoms with van der Waals surface area (Å²) in [6, 6.07) is 7.56. The second-order valence-electron chi connectivity index (χ2n) is 3.88. The molecular weight excluding hydrogens is 198 g/mol. The van der Waals surface area contributed by atoms with Crippen LogP contribution in [0.4, 0.5) is 0 Å². The van der Waals surface area contributed by atoms with Crippen molar-refractivity contribution in [3.05, 3.63) is 47.7 Å². The van der Waals surface area contributed by atoms with E-state index in [1.165, 1.54) is 6.42 Å². The topological polar surface area (TPSA) is 29.1 Å². The molecule has 86 valence electrons. The molecule has 0 radical (unpaired) electrons. The second kappa shape index (κ2) is 6.83. The van der Waals surface area contributed by atoms with Crippen LogP contribution in [0.2, 0.25) is 0 Å². The van der Waals surface area contributed by atoms with Crippen LogP contribution < -0.4 is 5.32 Å². The molecule has 0 bridgehead atoms. The molecule has 0 saturated heterocycles. The van der Waals surface area contributed by atoms with Gasteiger partial charge in [-0.15, -0.1) is 0 Å². The molecule has 0 aliphatic carbocycles. The van der Waals surface area contributed by atoms with Gasteiger partial charge < -0.3 is 5.32 Å². The van der Waals surface area contributed by atoms with Gasteiger partial charge in [0.05, 0.1) is 0 Å². The van der Waals surface area contributed by atoms with Crippen LogP contribution in [0.1, 0.15) is 42.1 Å². The van der Waals surface area contributed by atoms with Crippen LogP contribution in [0.25, 0.3) is 0 Å². The van der Waals surface area contributed by atoms with Gasteiger partial charge in [-0.3, -0.25) is 4.79 Å². The van der Waals surface area contributed by atoms with E-state index < -0.39 is 0 Å². The van der Waals surface area contributed by atoms with Crippen molar-refractivity contribution in [3.63, 3.8) is 0 Å². The van der Waals surface area contributed by atoms with Gasteiger partial charge in [0.1, 0.15) is 0 Å². The zero-order valence-electron chi connectivity index (χ0n) is 9.99. The molecule has 0 spiro atoms. The first-order valence-corrected chi connectivity index (χ1v) is 5.76. The molecule has 0 aromatic heterocycles. The van der Waals surface area contributed by atoms with E-state index in [0.29, 0.717) is 5.56 Å². The average molecular weight is 217 g/mol. The van der Waals surface area contributed by atoms with Crippen LogP contribution in [0.5, 0.6) is 0 Å². The number of hydrogen-bond donors (Lipinski definition) is 1. The van der Waals surface area contributed by atoms with Gasteiger partial charge in [0.15, 0.2) is 0 Å². The standard InChI is InChI=1S/C14H19NO/c1-3-4-5-6-11-15-14(16)13-9-7-12(2)8-10-13/h6-11H,3-5H2,1-2H3,(H,15,16)/b11-6+. The fourth-order valence-electron chi connectivity index (χ4n) is 1.33. The molecule has 16 heavy (non-hydrogen) atoms. The number of rotatable bonds is 5. The lowest BCUT2D eigenvalue weighted by molar-refractivity contribution is 0.0970. The molecule has 2 nitrogen and oxygen atoms in total. The largest absolute Gasteiger partial charge is 0.329 e. The van der Waals surface area contributed by atoms with E-state index in [-0.39, 0.29) is 5.91 Å². The Hall–Kier alpha value is -1.57. The smallest absolute Gasteiger partial charge is 0.255 e. The van der Waals surface area contributed by atoms with Gasteiger partial charge in [0.2, 0.25) is 0 Å². The van der Waals surface area contributed by atoms with Crippen molar-refractivity contribution in [2.45, 2.75) is 33.1 Å². The molecule has 0 aliphatic heterocycles. The minimum absolute atomic E-state index is 0.0484. The number of carbonyl (C=O) groups excluding carboxylic acids is 1. The first kappa shape index (κ1) is 12.5. The SMILES string of the molecule is CCCC/C=C/NC(=O)c1ccc(C)cc1. The van der Waals surface area contributed by atoms with E-state index in [9.17, 15) is 4.79 Å². The fourth-order valence-corrected chi connectivity index (χ4v) is 1.33. The van der Waals surface area contributed by atoms with Crippen LogP contribution in [-0.4, -0.2) is 5.91 Å². The quantitative estimate of drug-likeness (QED) is 0.752. The summed E-state index contributed by atoms with van der Waals surface area (Å²) in [5, 5.41) is 2.76. The minimum atomic E-state index is -0.0484. The summed E-state index contributed by atoms with van der Waals surface area (Å²) in [7, 11) is 0. The molecule has 1 N–H and O–H groups in total. The predicted molar refractivity (Wildman–Crippen MR) is 67.3 cm³/mol. The Morgan fingerprint density at radius 1 is 1.31 bits per heavy atom. The molecule has 1 rings (SSSR count). The molecule has 0 fully saturated rings. The van der Waals surface area contributed by atoms with Crippen LogP contribution in [0.15, 0.2) is 36.5 Å². The first-order valence-electron chi connectivity index (χ1n) is 5.76. The first-order chi connectivity index (χ1) is 7.74. The number of hydrogen-bond acceptors (Lipinski definition) is 1. The number of nitrogens with one attached hydrogen (secondary N) is 1. The van der Waals surface area contributed by atoms with Crippen LogP contribution in [-0.2, 0) is 0 Å². The van der Waals surface area contributed by atoms with E-state index in [1.54, 1.807) is 6.20 Å². The van der Waals surface area contributed by atoms with Gasteiger partial charge in [0.25, 0.3) is 5.91 Å². The Kier molecular flexibility index (Phi) is 5.34. The number of carbonyl (C=O) groups is 1. The van der Waals surface area contributed by atoms with Crippen LogP contribution in [0.3, 0.4) is 0 Å². The van der Waals surface area contributed by atoms with E-state index in [4.69, 9.17) is 0 Å². The highest BCUT2D eigenvalue weighted by molar-refractivity contribution is 5.94. The predicted octanol–water partition coefficient (Wildman–Crippen LogP) is 3.43. The Morgan fingerprint density at radius 2 is 2.00 bits per heavy atom. The molecule has 0 unspecified atom stereocenters. The average Bonchev–Trinajstić information content (AvgIpc) is 2.29. The van der Waals surface area contributed by atoms with Crippen LogP contribution in [0, 0.1) is 6.92 Å². The Balaban J connectivity index is 2.40. The summed E-state index contributed by atoms with van der Waals surface area (Å²) < 4.78 is 0. The summed E-state index contributed by atoms with van der Waals surface area (Å²) >= 11 is 0. The maximum absolute atomic E-state index is 11.6. The summed E-state index contributed by atoms with van der Waals surface area (Å²) in [4.78, 5) is 11.6. The van der Waals surface area contributed by atoms with Crippen molar-refractivity contribution in [1.29, 1.82) is 0 Å². The van der Waals surface area contributed by atoms with E-state index >= 15 is 0 Å². The lowest BCUT2D eigenvalue weighted by Gasteiger charge is -2.00. The molecule has 0 saturated carbocycles. The summed E-state index contributed by atoms with van der Waals surface area (Å²) in [6.45, 7) is 4.16. The van der Waals surface area contributed by atoms with Crippen molar-refractivity contribution < 1.29 is 4.79 Å². The highest BCUT2D eigenvalue weighted by Crippen LogP contribution is 2.02. The maximum Gasteiger partial charge on any atom is 0.255 e. The molecule has 0 aliphatic rings. The number of aryl methyl sites for hydroxylation is 1. The van der Waals surface area contributed by atoms with Crippen molar-refractivity contribution in [3.8, 4) is 0 Å². The van der Waals surface area contributed by atoms with Gasteiger partial charge in [-0.05, 0) is 25.5 Å². The summed E-state index contributed by atoms with van der Waals surface area (Å²) in [6.07, 6.45) is 7.09. The number of unbranched alkanes of at least 4 members (excludes halogenated alkanes) is 2. The van der Waals surface area contributed by atoms with Gasteiger partial charge in [0, 0.05) is 11.8 Å². The highest BCUT2D eigenvalue weighted by atomic mass is 16.1. The van der Waals surface area contributed by atoms with Crippen molar-refractivity contribution >= 4 is 5.91 Å². The molecule has 2 heteroatoms. The number of benzene rings is 1. The zero-order chi connectivity index (χ0) is 11.8. The highest BCUT2D eigenvalue weighted by Gasteiger charge is 2.01. The Morgan fingerprint density at radius 3 is 2.62 bits per heavy atom. The van der Waals surface area contributed by atoms with E-state index in [0.717, 1.165) is 18.4 Å². The van der Waals surface area contributed by atoms with E-state index in [2.05, 4.69) is 12.2 Å². The van der Waals surface area contributed by atoms with Gasteiger partial charge in [-0.2, -0.15) is 0 Å². The minimum Gasteiger partial charge on any atom is -0.329 e. The number of allylic oxidation sites excluding steroid dienone is 1. The third-order valence-corrected chi connectivity index (χ3v) is 2.37. The van der Waals surface area contributed by atoms with Crippen molar-refractivity contribution in [1.82, 2.24) is 5.32 Å². The molecule has 1 aromatic rings. The molecular formula is C14H19NO. The Bertz CT molecular complexity index is 352. The van der Waals surface area contributed by atoms with Crippen molar-refractivity contribution in [2.24, 2.45) is 0 Å². The lowest BCUT2D eigenvalue weighted by Crippen LogP contribution is -2.16. The molecule has 1 aromatic carbocycles. The molecule has 1 amide bonds. The zero-order valence-corrected chi connectivity index (χ0v) is 9.99. The Labute approximate surface area is 97.4 Å². The lowest BCUT2D eigenvalue weighted by atomic mass is 10.1. The number of amides is 1. The van der Waals surface area contributed by atoms with Crippen molar-refractivity contribution in [2.75, 3.05) is 0 Å². The van der Waals surface area contributed by atoms with E-state index in [1.807, 2.05) is 37.3 Å². The fraction of sp³-hybridized carbons (Fsp3) is 0.357. The van der Waals surface area contributed by atoms with Gasteiger partial charge in [-0.25, -0.2) is 0 Å². The summed E-state index contributed by atoms with van der Waals surface area (Å²) in [5.41, 5.74) is 1.86.